The zero-order valence-electron chi connectivity index (χ0n) is 13.0. The lowest BCUT2D eigenvalue weighted by molar-refractivity contribution is 0.440. The van der Waals surface area contributed by atoms with Gasteiger partial charge in [0, 0.05) is 10.9 Å². The molecule has 0 amide bonds. The van der Waals surface area contributed by atoms with E-state index < -0.39 is 0 Å². The van der Waals surface area contributed by atoms with Crippen LogP contribution in [0.3, 0.4) is 0 Å². The molecule has 2 heteroatoms. The average molecular weight is 273 g/mol. The predicted octanol–water partition coefficient (Wildman–Crippen LogP) is 5.23. The highest BCUT2D eigenvalue weighted by atomic mass is 16.3. The van der Waals surface area contributed by atoms with Crippen molar-refractivity contribution in [3.05, 3.63) is 35.6 Å². The number of furan rings is 1. The Kier molecular flexibility index (Phi) is 5.66. The number of fused-ring (bicyclic) bond motifs is 1. The van der Waals surface area contributed by atoms with Gasteiger partial charge in [-0.1, -0.05) is 51.3 Å². The second-order valence-corrected chi connectivity index (χ2v) is 5.53. The number of hydrogen-bond acceptors (Lipinski definition) is 2. The van der Waals surface area contributed by atoms with E-state index in [1.807, 2.05) is 6.07 Å². The lowest BCUT2D eigenvalue weighted by Gasteiger charge is -2.13. The predicted molar refractivity (Wildman–Crippen MR) is 86.2 cm³/mol. The molecule has 20 heavy (non-hydrogen) atoms. The van der Waals surface area contributed by atoms with Crippen molar-refractivity contribution in [2.45, 2.75) is 58.9 Å². The summed E-state index contributed by atoms with van der Waals surface area (Å²) in [5.41, 5.74) is 2.37. The van der Waals surface area contributed by atoms with E-state index in [0.717, 1.165) is 24.3 Å². The Morgan fingerprint density at radius 2 is 1.90 bits per heavy atom. The van der Waals surface area contributed by atoms with E-state index in [4.69, 9.17) is 4.42 Å². The first-order chi connectivity index (χ1) is 9.77. The van der Waals surface area contributed by atoms with Gasteiger partial charge in [0.15, 0.2) is 0 Å². The largest absolute Gasteiger partial charge is 0.459 e. The van der Waals surface area contributed by atoms with Gasteiger partial charge in [-0.3, -0.25) is 0 Å². The van der Waals surface area contributed by atoms with Crippen LogP contribution in [0, 0.1) is 0 Å². The van der Waals surface area contributed by atoms with Crippen molar-refractivity contribution in [1.82, 2.24) is 5.32 Å². The molecule has 1 heterocycles. The van der Waals surface area contributed by atoms with Gasteiger partial charge in [-0.05, 0) is 32.4 Å². The molecule has 0 aliphatic carbocycles. The van der Waals surface area contributed by atoms with Crippen LogP contribution >= 0.6 is 0 Å². The third-order valence-electron chi connectivity index (χ3n) is 3.96. The molecule has 0 saturated heterocycles. The molecule has 2 aromatic rings. The molecular formula is C18H27NO. The van der Waals surface area contributed by atoms with Crippen molar-refractivity contribution < 1.29 is 4.42 Å². The van der Waals surface area contributed by atoms with Crippen LogP contribution in [0.1, 0.15) is 63.8 Å². The van der Waals surface area contributed by atoms with Gasteiger partial charge in [0.1, 0.15) is 11.3 Å². The van der Waals surface area contributed by atoms with Gasteiger partial charge in [0.25, 0.3) is 0 Å². The van der Waals surface area contributed by atoms with Gasteiger partial charge in [-0.25, -0.2) is 0 Å². The van der Waals surface area contributed by atoms with Gasteiger partial charge in [0.05, 0.1) is 6.04 Å². The van der Waals surface area contributed by atoms with Gasteiger partial charge < -0.3 is 9.73 Å². The van der Waals surface area contributed by atoms with Crippen molar-refractivity contribution in [1.29, 1.82) is 0 Å². The summed E-state index contributed by atoms with van der Waals surface area (Å²) >= 11 is 0. The monoisotopic (exact) mass is 273 g/mol. The normalized spacial score (nSPS) is 12.9. The third kappa shape index (κ3) is 3.43. The third-order valence-corrected chi connectivity index (χ3v) is 3.96. The molecule has 0 bridgehead atoms. The quantitative estimate of drug-likeness (QED) is 0.666. The molecule has 0 aliphatic rings. The van der Waals surface area contributed by atoms with Crippen LogP contribution in [0.15, 0.2) is 28.7 Å². The number of unbranched alkanes of at least 4 members (excludes halogenated alkanes) is 3. The maximum absolute atomic E-state index is 6.07. The summed E-state index contributed by atoms with van der Waals surface area (Å²) in [4.78, 5) is 0. The number of rotatable bonds is 8. The van der Waals surface area contributed by atoms with Crippen LogP contribution in [-0.2, 0) is 6.42 Å². The molecule has 0 saturated carbocycles. The van der Waals surface area contributed by atoms with Crippen molar-refractivity contribution >= 4 is 11.0 Å². The fraction of sp³-hybridized carbons (Fsp3) is 0.556. The van der Waals surface area contributed by atoms with Gasteiger partial charge in [0.2, 0.25) is 0 Å². The molecule has 0 radical (unpaired) electrons. The number of aryl methyl sites for hydroxylation is 1. The van der Waals surface area contributed by atoms with Crippen LogP contribution in [0.5, 0.6) is 0 Å². The Labute approximate surface area is 122 Å². The minimum atomic E-state index is 0.291. The molecule has 2 rings (SSSR count). The molecule has 1 atom stereocenters. The van der Waals surface area contributed by atoms with E-state index in [2.05, 4.69) is 44.3 Å². The molecule has 1 unspecified atom stereocenters. The van der Waals surface area contributed by atoms with Gasteiger partial charge >= 0.3 is 0 Å². The standard InChI is InChI=1S/C18H27NO/c1-4-6-7-10-13-19-14(3)18-15(5-2)16-11-8-9-12-17(16)20-18/h8-9,11-12,14,19H,4-7,10,13H2,1-3H3. The Morgan fingerprint density at radius 1 is 1.10 bits per heavy atom. The average Bonchev–Trinajstić information content (AvgIpc) is 2.85. The number of nitrogens with one attached hydrogen (secondary N) is 1. The summed E-state index contributed by atoms with van der Waals surface area (Å²) in [5, 5.41) is 4.87. The summed E-state index contributed by atoms with van der Waals surface area (Å²) < 4.78 is 6.07. The maximum atomic E-state index is 6.07. The number of benzene rings is 1. The fourth-order valence-electron chi connectivity index (χ4n) is 2.80. The molecule has 0 spiro atoms. The smallest absolute Gasteiger partial charge is 0.134 e. The number of para-hydroxylation sites is 1. The summed E-state index contributed by atoms with van der Waals surface area (Å²) in [6.07, 6.45) is 6.21. The van der Waals surface area contributed by atoms with E-state index in [1.54, 1.807) is 0 Å². The van der Waals surface area contributed by atoms with Gasteiger partial charge in [-0.15, -0.1) is 0 Å². The zero-order chi connectivity index (χ0) is 14.4. The van der Waals surface area contributed by atoms with Crippen molar-refractivity contribution in [3.63, 3.8) is 0 Å². The Bertz CT molecular complexity index is 529. The minimum absolute atomic E-state index is 0.291. The summed E-state index contributed by atoms with van der Waals surface area (Å²) in [7, 11) is 0. The Hall–Kier alpha value is -1.28. The van der Waals surface area contributed by atoms with E-state index in [-0.39, 0.29) is 0 Å². The van der Waals surface area contributed by atoms with Gasteiger partial charge in [-0.2, -0.15) is 0 Å². The van der Waals surface area contributed by atoms with E-state index in [0.29, 0.717) is 6.04 Å². The SMILES string of the molecule is CCCCCCNC(C)c1oc2ccccc2c1CC. The first kappa shape index (κ1) is 15.1. The van der Waals surface area contributed by atoms with E-state index in [9.17, 15) is 0 Å². The molecule has 110 valence electrons. The molecule has 0 aliphatic heterocycles. The lowest BCUT2D eigenvalue weighted by atomic mass is 10.0. The Morgan fingerprint density at radius 3 is 2.65 bits per heavy atom. The van der Waals surface area contributed by atoms with E-state index >= 15 is 0 Å². The second-order valence-electron chi connectivity index (χ2n) is 5.53. The summed E-state index contributed by atoms with van der Waals surface area (Å²) in [5.74, 6) is 1.11. The topological polar surface area (TPSA) is 25.2 Å². The highest BCUT2D eigenvalue weighted by Gasteiger charge is 2.17. The minimum Gasteiger partial charge on any atom is -0.459 e. The molecule has 2 nitrogen and oxygen atoms in total. The van der Waals surface area contributed by atoms with Crippen molar-refractivity contribution in [2.24, 2.45) is 0 Å². The first-order valence-electron chi connectivity index (χ1n) is 8.01. The van der Waals surface area contributed by atoms with Crippen LogP contribution < -0.4 is 5.32 Å². The molecular weight excluding hydrogens is 246 g/mol. The molecule has 0 fully saturated rings. The van der Waals surface area contributed by atoms with Crippen LogP contribution in [-0.4, -0.2) is 6.54 Å². The zero-order valence-corrected chi connectivity index (χ0v) is 13.0. The Balaban J connectivity index is 2.03. The van der Waals surface area contributed by atoms with Crippen LogP contribution in [0.4, 0.5) is 0 Å². The van der Waals surface area contributed by atoms with Crippen LogP contribution in [0.25, 0.3) is 11.0 Å². The first-order valence-corrected chi connectivity index (χ1v) is 8.01. The highest BCUT2D eigenvalue weighted by Crippen LogP contribution is 2.30. The molecule has 1 aromatic carbocycles. The summed E-state index contributed by atoms with van der Waals surface area (Å²) in [6.45, 7) is 7.73. The summed E-state index contributed by atoms with van der Waals surface area (Å²) in [6, 6.07) is 8.64. The molecule has 1 aromatic heterocycles. The number of hydrogen-bond donors (Lipinski definition) is 1. The maximum Gasteiger partial charge on any atom is 0.134 e. The lowest BCUT2D eigenvalue weighted by Crippen LogP contribution is -2.20. The van der Waals surface area contributed by atoms with Crippen molar-refractivity contribution in [3.8, 4) is 0 Å². The van der Waals surface area contributed by atoms with Crippen LogP contribution in [0.2, 0.25) is 0 Å². The fourth-order valence-corrected chi connectivity index (χ4v) is 2.80. The highest BCUT2D eigenvalue weighted by molar-refractivity contribution is 5.82. The molecule has 1 N–H and O–H groups in total. The van der Waals surface area contributed by atoms with E-state index in [1.165, 1.54) is 36.6 Å². The van der Waals surface area contributed by atoms with Crippen molar-refractivity contribution in [2.75, 3.05) is 6.54 Å². The second kappa shape index (κ2) is 7.49.